The highest BCUT2D eigenvalue weighted by Gasteiger charge is 2.36. The van der Waals surface area contributed by atoms with E-state index in [9.17, 15) is 19.2 Å². The van der Waals surface area contributed by atoms with Crippen LogP contribution < -0.4 is 9.47 Å². The number of amides is 2. The summed E-state index contributed by atoms with van der Waals surface area (Å²) in [4.78, 5) is 49.5. The van der Waals surface area contributed by atoms with Gasteiger partial charge in [0, 0.05) is 0 Å². The number of thioether (sulfide) groups is 1. The van der Waals surface area contributed by atoms with E-state index < -0.39 is 29.6 Å². The first-order valence-electron chi connectivity index (χ1n) is 10.1. The van der Waals surface area contributed by atoms with Crippen LogP contribution in [-0.4, -0.2) is 60.5 Å². The van der Waals surface area contributed by atoms with Crippen molar-refractivity contribution in [2.45, 2.75) is 46.3 Å². The maximum atomic E-state index is 12.6. The van der Waals surface area contributed by atoms with Gasteiger partial charge in [0.2, 0.25) is 0 Å². The lowest BCUT2D eigenvalue weighted by molar-refractivity contribution is -0.151. The van der Waals surface area contributed by atoms with Crippen LogP contribution in [0.5, 0.6) is 11.5 Å². The fourth-order valence-corrected chi connectivity index (χ4v) is 3.43. The van der Waals surface area contributed by atoms with Crippen molar-refractivity contribution in [3.63, 3.8) is 0 Å². The van der Waals surface area contributed by atoms with E-state index in [0.29, 0.717) is 23.5 Å². The number of esters is 2. The van der Waals surface area contributed by atoms with Crippen molar-refractivity contribution in [1.29, 1.82) is 0 Å². The predicted molar refractivity (Wildman–Crippen MR) is 118 cm³/mol. The molecule has 0 spiro atoms. The smallest absolute Gasteiger partial charge is 0.344 e. The van der Waals surface area contributed by atoms with Crippen molar-refractivity contribution in [2.75, 3.05) is 20.3 Å². The molecule has 32 heavy (non-hydrogen) atoms. The fraction of sp³-hybridized carbons (Fsp3) is 0.455. The number of hydrogen-bond donors (Lipinski definition) is 0. The molecule has 2 rings (SSSR count). The zero-order chi connectivity index (χ0) is 23.8. The molecular weight excluding hydrogens is 438 g/mol. The van der Waals surface area contributed by atoms with E-state index in [4.69, 9.17) is 18.9 Å². The number of nitrogens with zero attached hydrogens (tertiary/aromatic N) is 1. The van der Waals surface area contributed by atoms with Gasteiger partial charge >= 0.3 is 11.9 Å². The predicted octanol–water partition coefficient (Wildman–Crippen LogP) is 3.40. The number of carbonyl (C=O) groups is 4. The Morgan fingerprint density at radius 2 is 1.81 bits per heavy atom. The average molecular weight is 466 g/mol. The Morgan fingerprint density at radius 3 is 2.44 bits per heavy atom. The zero-order valence-electron chi connectivity index (χ0n) is 18.7. The number of hydrogen-bond acceptors (Lipinski definition) is 9. The van der Waals surface area contributed by atoms with E-state index in [-0.39, 0.29) is 23.7 Å². The minimum atomic E-state index is -0.637. The summed E-state index contributed by atoms with van der Waals surface area (Å²) in [6.45, 7) is 6.37. The second kappa shape index (κ2) is 11.6. The SMILES string of the molecule is CC[C@H](C)OC(=O)CN1C(=O)S/C(=C\c2ccc(OCC(=O)OC(C)C)c(OC)c2)C1=O. The van der Waals surface area contributed by atoms with Gasteiger partial charge in [0.05, 0.1) is 24.2 Å². The topological polar surface area (TPSA) is 108 Å². The van der Waals surface area contributed by atoms with Crippen LogP contribution in [0.1, 0.15) is 39.7 Å². The molecule has 0 N–H and O–H groups in total. The van der Waals surface area contributed by atoms with E-state index >= 15 is 0 Å². The second-order valence-electron chi connectivity index (χ2n) is 7.21. The van der Waals surface area contributed by atoms with Gasteiger partial charge in [-0.25, -0.2) is 4.79 Å². The maximum absolute atomic E-state index is 12.6. The van der Waals surface area contributed by atoms with Gasteiger partial charge in [-0.1, -0.05) is 13.0 Å². The molecule has 0 aliphatic carbocycles. The van der Waals surface area contributed by atoms with Crippen molar-refractivity contribution in [3.05, 3.63) is 28.7 Å². The van der Waals surface area contributed by atoms with Gasteiger partial charge < -0.3 is 18.9 Å². The third kappa shape index (κ3) is 7.01. The first-order chi connectivity index (χ1) is 15.1. The van der Waals surface area contributed by atoms with Crippen LogP contribution in [0.4, 0.5) is 4.79 Å². The highest BCUT2D eigenvalue weighted by molar-refractivity contribution is 8.18. The van der Waals surface area contributed by atoms with E-state index in [1.807, 2.05) is 6.92 Å². The summed E-state index contributed by atoms with van der Waals surface area (Å²) in [7, 11) is 1.44. The van der Waals surface area contributed by atoms with Crippen LogP contribution in [0.2, 0.25) is 0 Å². The van der Waals surface area contributed by atoms with Gasteiger partial charge in [-0.15, -0.1) is 0 Å². The summed E-state index contributed by atoms with van der Waals surface area (Å²) in [5, 5.41) is -0.544. The van der Waals surface area contributed by atoms with Gasteiger partial charge in [0.1, 0.15) is 6.54 Å². The highest BCUT2D eigenvalue weighted by Crippen LogP contribution is 2.34. The first-order valence-corrected chi connectivity index (χ1v) is 10.9. The summed E-state index contributed by atoms with van der Waals surface area (Å²) in [5.74, 6) is -1.05. The van der Waals surface area contributed by atoms with Crippen molar-refractivity contribution in [1.82, 2.24) is 4.90 Å². The quantitative estimate of drug-likeness (QED) is 0.379. The van der Waals surface area contributed by atoms with Crippen LogP contribution in [0.15, 0.2) is 23.1 Å². The van der Waals surface area contributed by atoms with Gasteiger partial charge in [-0.3, -0.25) is 19.3 Å². The molecule has 1 aliphatic heterocycles. The maximum Gasteiger partial charge on any atom is 0.344 e. The normalized spacial score (nSPS) is 15.8. The number of carbonyl (C=O) groups excluding carboxylic acids is 4. The number of rotatable bonds is 10. The molecule has 0 aromatic heterocycles. The number of imide groups is 1. The Hall–Kier alpha value is -3.01. The average Bonchev–Trinajstić information content (AvgIpc) is 2.99. The molecule has 1 heterocycles. The van der Waals surface area contributed by atoms with Crippen LogP contribution in [-0.2, 0) is 23.9 Å². The molecule has 0 radical (unpaired) electrons. The van der Waals surface area contributed by atoms with E-state index in [0.717, 1.165) is 16.7 Å². The molecule has 0 unspecified atom stereocenters. The van der Waals surface area contributed by atoms with E-state index in [1.165, 1.54) is 13.2 Å². The summed E-state index contributed by atoms with van der Waals surface area (Å²) >= 11 is 0.738. The minimum absolute atomic E-state index is 0.169. The Labute approximate surface area is 191 Å². The Balaban J connectivity index is 2.09. The van der Waals surface area contributed by atoms with Crippen molar-refractivity contribution in [3.8, 4) is 11.5 Å². The Kier molecular flexibility index (Phi) is 9.13. The third-order valence-electron chi connectivity index (χ3n) is 4.27. The third-order valence-corrected chi connectivity index (χ3v) is 5.17. The van der Waals surface area contributed by atoms with Crippen LogP contribution >= 0.6 is 11.8 Å². The molecular formula is C22H27NO8S. The molecule has 9 nitrogen and oxygen atoms in total. The summed E-state index contributed by atoms with van der Waals surface area (Å²) in [6.07, 6.45) is 1.61. The summed E-state index contributed by atoms with van der Waals surface area (Å²) in [5.41, 5.74) is 0.576. The highest BCUT2D eigenvalue weighted by atomic mass is 32.2. The van der Waals surface area contributed by atoms with Crippen LogP contribution in [0.25, 0.3) is 6.08 Å². The van der Waals surface area contributed by atoms with Crippen molar-refractivity contribution < 1.29 is 38.1 Å². The Bertz CT molecular complexity index is 911. The summed E-state index contributed by atoms with van der Waals surface area (Å²) < 4.78 is 20.9. The molecule has 10 heteroatoms. The zero-order valence-corrected chi connectivity index (χ0v) is 19.5. The molecule has 1 atom stereocenters. The monoisotopic (exact) mass is 465 g/mol. The Morgan fingerprint density at radius 1 is 1.09 bits per heavy atom. The summed E-state index contributed by atoms with van der Waals surface area (Å²) in [6, 6.07) is 4.84. The molecule has 1 saturated heterocycles. The molecule has 174 valence electrons. The number of ether oxygens (including phenoxy) is 4. The molecule has 1 aromatic carbocycles. The van der Waals surface area contributed by atoms with Gasteiger partial charge in [0.15, 0.2) is 18.1 Å². The number of methoxy groups -OCH3 is 1. The standard InChI is InChI=1S/C22H27NO8S/c1-6-14(4)31-19(24)11-23-21(26)18(32-22(23)27)10-15-7-8-16(17(9-15)28-5)29-12-20(25)30-13(2)3/h7-10,13-14H,6,11-12H2,1-5H3/b18-10-/t14-/m0/s1. The van der Waals surface area contributed by atoms with Crippen molar-refractivity contribution >= 4 is 40.9 Å². The van der Waals surface area contributed by atoms with Gasteiger partial charge in [0.25, 0.3) is 11.1 Å². The molecule has 1 aromatic rings. The molecule has 0 bridgehead atoms. The van der Waals surface area contributed by atoms with Crippen LogP contribution in [0.3, 0.4) is 0 Å². The molecule has 0 saturated carbocycles. The van der Waals surface area contributed by atoms with Gasteiger partial charge in [-0.05, 0) is 62.7 Å². The lowest BCUT2D eigenvalue weighted by atomic mass is 10.2. The molecule has 1 fully saturated rings. The van der Waals surface area contributed by atoms with E-state index in [1.54, 1.807) is 39.0 Å². The largest absolute Gasteiger partial charge is 0.493 e. The second-order valence-corrected chi connectivity index (χ2v) is 8.21. The first kappa shape index (κ1) is 25.3. The lowest BCUT2D eigenvalue weighted by Crippen LogP contribution is -2.35. The van der Waals surface area contributed by atoms with Crippen molar-refractivity contribution in [2.24, 2.45) is 0 Å². The molecule has 1 aliphatic rings. The fourth-order valence-electron chi connectivity index (χ4n) is 2.59. The minimum Gasteiger partial charge on any atom is -0.493 e. The number of benzene rings is 1. The van der Waals surface area contributed by atoms with E-state index in [2.05, 4.69) is 0 Å². The lowest BCUT2D eigenvalue weighted by Gasteiger charge is -2.14. The van der Waals surface area contributed by atoms with Crippen LogP contribution in [0, 0.1) is 0 Å². The van der Waals surface area contributed by atoms with Gasteiger partial charge in [-0.2, -0.15) is 0 Å². The molecule has 2 amide bonds.